The molecule has 1 N–H and O–H groups in total. The summed E-state index contributed by atoms with van der Waals surface area (Å²) in [5.41, 5.74) is 0.771. The number of carbonyl (C=O) groups excluding carboxylic acids is 3. The van der Waals surface area contributed by atoms with Crippen molar-refractivity contribution in [1.82, 2.24) is 10.2 Å². The zero-order valence-electron chi connectivity index (χ0n) is 9.82. The van der Waals surface area contributed by atoms with Crippen molar-refractivity contribution in [3.8, 4) is 0 Å². The van der Waals surface area contributed by atoms with Gasteiger partial charge in [-0.05, 0) is 18.9 Å². The number of carbonyl (C=O) groups is 3. The molecule has 1 aliphatic rings. The molecule has 6 heteroatoms. The Kier molecular flexibility index (Phi) is 4.68. The third kappa shape index (κ3) is 4.26. The Balaban J connectivity index is 2.19. The lowest BCUT2D eigenvalue weighted by Gasteiger charge is -2.11. The molecule has 1 saturated heterocycles. The van der Waals surface area contributed by atoms with Crippen molar-refractivity contribution in [3.05, 3.63) is 12.2 Å². The highest BCUT2D eigenvalue weighted by molar-refractivity contribution is 6.01. The molecule has 0 aromatic rings. The fraction of sp³-hybridized carbons (Fsp3) is 0.545. The minimum absolute atomic E-state index is 0.0406. The second-order valence-corrected chi connectivity index (χ2v) is 3.93. The molecule has 0 saturated carbocycles. The van der Waals surface area contributed by atoms with E-state index in [1.165, 1.54) is 0 Å². The van der Waals surface area contributed by atoms with Crippen LogP contribution in [0.15, 0.2) is 12.2 Å². The highest BCUT2D eigenvalue weighted by Crippen LogP contribution is 2.03. The van der Waals surface area contributed by atoms with Gasteiger partial charge in [0.25, 0.3) is 0 Å². The Labute approximate surface area is 99.6 Å². The SMILES string of the molecule is C=C(C)COC(=O)CCCN1C(=O)CNC1=O. The van der Waals surface area contributed by atoms with Gasteiger partial charge in [-0.2, -0.15) is 0 Å². The molecule has 0 aliphatic carbocycles. The first-order chi connectivity index (χ1) is 8.00. The molecule has 0 spiro atoms. The summed E-state index contributed by atoms with van der Waals surface area (Å²) >= 11 is 0. The second kappa shape index (κ2) is 6.03. The van der Waals surface area contributed by atoms with Gasteiger partial charge in [-0.15, -0.1) is 0 Å². The standard InChI is InChI=1S/C11H16N2O4/c1-8(2)7-17-10(15)4-3-5-13-9(14)6-12-11(13)16/h1,3-7H2,2H3,(H,12,16). The van der Waals surface area contributed by atoms with Crippen LogP contribution < -0.4 is 5.32 Å². The van der Waals surface area contributed by atoms with Gasteiger partial charge in [0.1, 0.15) is 6.61 Å². The van der Waals surface area contributed by atoms with Crippen LogP contribution in [0.2, 0.25) is 0 Å². The second-order valence-electron chi connectivity index (χ2n) is 3.93. The van der Waals surface area contributed by atoms with Crippen molar-refractivity contribution < 1.29 is 19.1 Å². The van der Waals surface area contributed by atoms with E-state index in [1.807, 2.05) is 0 Å². The van der Waals surface area contributed by atoms with Crippen LogP contribution in [0, 0.1) is 0 Å². The maximum Gasteiger partial charge on any atom is 0.324 e. The molecular formula is C11H16N2O4. The van der Waals surface area contributed by atoms with Gasteiger partial charge >= 0.3 is 12.0 Å². The van der Waals surface area contributed by atoms with Crippen LogP contribution in [0.5, 0.6) is 0 Å². The lowest BCUT2D eigenvalue weighted by Crippen LogP contribution is -2.32. The first-order valence-electron chi connectivity index (χ1n) is 5.39. The topological polar surface area (TPSA) is 75.7 Å². The quantitative estimate of drug-likeness (QED) is 0.415. The van der Waals surface area contributed by atoms with Crippen molar-refractivity contribution in [1.29, 1.82) is 0 Å². The van der Waals surface area contributed by atoms with Crippen LogP contribution in [0.25, 0.3) is 0 Å². The highest BCUT2D eigenvalue weighted by Gasteiger charge is 2.27. The van der Waals surface area contributed by atoms with Crippen LogP contribution in [-0.4, -0.2) is 42.5 Å². The van der Waals surface area contributed by atoms with Crippen molar-refractivity contribution >= 4 is 17.9 Å². The number of imide groups is 1. The van der Waals surface area contributed by atoms with E-state index >= 15 is 0 Å². The van der Waals surface area contributed by atoms with Crippen molar-refractivity contribution in [2.24, 2.45) is 0 Å². The summed E-state index contributed by atoms with van der Waals surface area (Å²) in [6.07, 6.45) is 0.596. The molecule has 1 fully saturated rings. The lowest BCUT2D eigenvalue weighted by molar-refractivity contribution is -0.143. The van der Waals surface area contributed by atoms with E-state index in [9.17, 15) is 14.4 Å². The van der Waals surface area contributed by atoms with Crippen molar-refractivity contribution in [2.45, 2.75) is 19.8 Å². The molecular weight excluding hydrogens is 224 g/mol. The van der Waals surface area contributed by atoms with E-state index < -0.39 is 6.03 Å². The van der Waals surface area contributed by atoms with Gasteiger partial charge in [-0.25, -0.2) is 4.79 Å². The Morgan fingerprint density at radius 3 is 2.76 bits per heavy atom. The average molecular weight is 240 g/mol. The van der Waals surface area contributed by atoms with Gasteiger partial charge in [0.2, 0.25) is 5.91 Å². The molecule has 1 aliphatic heterocycles. The molecule has 0 unspecified atom stereocenters. The van der Waals surface area contributed by atoms with Crippen LogP contribution in [0.1, 0.15) is 19.8 Å². The molecule has 0 atom stereocenters. The Morgan fingerprint density at radius 2 is 2.24 bits per heavy atom. The number of nitrogens with zero attached hydrogens (tertiary/aromatic N) is 1. The molecule has 0 bridgehead atoms. The van der Waals surface area contributed by atoms with Gasteiger partial charge in [0.05, 0.1) is 6.54 Å². The summed E-state index contributed by atoms with van der Waals surface area (Å²) < 4.78 is 4.88. The number of hydrogen-bond acceptors (Lipinski definition) is 4. The summed E-state index contributed by atoms with van der Waals surface area (Å²) in [6, 6.07) is -0.398. The predicted octanol–water partition coefficient (Wildman–Crippen LogP) is 0.438. The van der Waals surface area contributed by atoms with Crippen LogP contribution in [-0.2, 0) is 14.3 Å². The number of esters is 1. The normalized spacial score (nSPS) is 14.8. The number of urea groups is 1. The average Bonchev–Trinajstić information content (AvgIpc) is 2.57. The van der Waals surface area contributed by atoms with Crippen LogP contribution in [0.4, 0.5) is 4.79 Å². The van der Waals surface area contributed by atoms with Gasteiger partial charge in [0, 0.05) is 13.0 Å². The number of amides is 3. The van der Waals surface area contributed by atoms with E-state index in [0.717, 1.165) is 10.5 Å². The minimum atomic E-state index is -0.398. The Bertz CT molecular complexity index is 335. The zero-order valence-corrected chi connectivity index (χ0v) is 9.82. The fourth-order valence-corrected chi connectivity index (χ4v) is 1.34. The third-order valence-electron chi connectivity index (χ3n) is 2.18. The first kappa shape index (κ1) is 13.2. The molecule has 6 nitrogen and oxygen atoms in total. The molecule has 3 amide bonds. The molecule has 0 aromatic heterocycles. The summed E-state index contributed by atoms with van der Waals surface area (Å²) in [4.78, 5) is 34.7. The maximum absolute atomic E-state index is 11.2. The van der Waals surface area contributed by atoms with Crippen molar-refractivity contribution in [3.63, 3.8) is 0 Å². The lowest BCUT2D eigenvalue weighted by atomic mass is 10.3. The predicted molar refractivity (Wildman–Crippen MR) is 60.1 cm³/mol. The first-order valence-corrected chi connectivity index (χ1v) is 5.39. The number of nitrogens with one attached hydrogen (secondary N) is 1. The minimum Gasteiger partial charge on any atom is -0.461 e. The van der Waals surface area contributed by atoms with Gasteiger partial charge in [0.15, 0.2) is 0 Å². The summed E-state index contributed by atoms with van der Waals surface area (Å²) in [6.45, 7) is 5.87. The third-order valence-corrected chi connectivity index (χ3v) is 2.18. The number of ether oxygens (including phenoxy) is 1. The number of rotatable bonds is 6. The van der Waals surface area contributed by atoms with E-state index in [4.69, 9.17) is 4.74 Å². The summed E-state index contributed by atoms with van der Waals surface area (Å²) in [5, 5.41) is 2.41. The van der Waals surface area contributed by atoms with Crippen molar-refractivity contribution in [2.75, 3.05) is 19.7 Å². The largest absolute Gasteiger partial charge is 0.461 e. The van der Waals surface area contributed by atoms with Gasteiger partial charge in [-0.3, -0.25) is 14.5 Å². The molecule has 17 heavy (non-hydrogen) atoms. The monoisotopic (exact) mass is 240 g/mol. The Hall–Kier alpha value is -1.85. The highest BCUT2D eigenvalue weighted by atomic mass is 16.5. The molecule has 0 radical (unpaired) electrons. The summed E-state index contributed by atoms with van der Waals surface area (Å²) in [7, 11) is 0. The molecule has 1 rings (SSSR count). The summed E-state index contributed by atoms with van der Waals surface area (Å²) in [5.74, 6) is -0.606. The van der Waals surface area contributed by atoms with E-state index in [1.54, 1.807) is 6.92 Å². The zero-order chi connectivity index (χ0) is 12.8. The van der Waals surface area contributed by atoms with Crippen LogP contribution >= 0.6 is 0 Å². The van der Waals surface area contributed by atoms with Gasteiger partial charge < -0.3 is 10.1 Å². The van der Waals surface area contributed by atoms with E-state index in [2.05, 4.69) is 11.9 Å². The Morgan fingerprint density at radius 1 is 1.53 bits per heavy atom. The van der Waals surface area contributed by atoms with E-state index in [0.29, 0.717) is 6.42 Å². The molecule has 1 heterocycles. The van der Waals surface area contributed by atoms with Crippen LogP contribution in [0.3, 0.4) is 0 Å². The van der Waals surface area contributed by atoms with E-state index in [-0.39, 0.29) is 38.0 Å². The number of hydrogen-bond donors (Lipinski definition) is 1. The molecule has 0 aromatic carbocycles. The van der Waals surface area contributed by atoms with Gasteiger partial charge in [-0.1, -0.05) is 6.58 Å². The maximum atomic E-state index is 11.2. The smallest absolute Gasteiger partial charge is 0.324 e. The fourth-order valence-electron chi connectivity index (χ4n) is 1.34. The molecule has 94 valence electrons.